The Morgan fingerprint density at radius 1 is 1.00 bits per heavy atom. The van der Waals surface area contributed by atoms with E-state index in [-0.39, 0.29) is 11.9 Å². The average Bonchev–Trinajstić information content (AvgIpc) is 2.87. The fraction of sp³-hybridized carbons (Fsp3) is 0.655. The van der Waals surface area contributed by atoms with Crippen molar-refractivity contribution in [3.8, 4) is 0 Å². The summed E-state index contributed by atoms with van der Waals surface area (Å²) in [6, 6.07) is 8.94. The molecule has 5 heteroatoms. The van der Waals surface area contributed by atoms with Crippen LogP contribution in [0.1, 0.15) is 88.8 Å². The highest BCUT2D eigenvalue weighted by molar-refractivity contribution is 5.91. The normalized spacial score (nSPS) is 27.2. The Labute approximate surface area is 205 Å². The minimum atomic E-state index is -0.413. The van der Waals surface area contributed by atoms with Gasteiger partial charge in [-0.3, -0.25) is 9.59 Å². The van der Waals surface area contributed by atoms with Gasteiger partial charge < -0.3 is 15.1 Å². The summed E-state index contributed by atoms with van der Waals surface area (Å²) in [7, 11) is 0. The number of carbonyl (C=O) groups excluding carboxylic acids is 2. The Hall–Kier alpha value is -2.14. The van der Waals surface area contributed by atoms with E-state index in [4.69, 9.17) is 0 Å². The molecule has 184 valence electrons. The van der Waals surface area contributed by atoms with Gasteiger partial charge in [0, 0.05) is 26.1 Å². The summed E-state index contributed by atoms with van der Waals surface area (Å²) in [5.41, 5.74) is 5.31. The maximum absolute atomic E-state index is 14.4. The van der Waals surface area contributed by atoms with Gasteiger partial charge in [-0.15, -0.1) is 0 Å². The zero-order chi connectivity index (χ0) is 23.7. The first-order valence-corrected chi connectivity index (χ1v) is 13.6. The van der Waals surface area contributed by atoms with Crippen molar-refractivity contribution in [1.29, 1.82) is 0 Å². The van der Waals surface area contributed by atoms with Crippen molar-refractivity contribution in [2.75, 3.05) is 32.7 Å². The van der Waals surface area contributed by atoms with Crippen LogP contribution >= 0.6 is 0 Å². The fourth-order valence-corrected chi connectivity index (χ4v) is 7.09. The summed E-state index contributed by atoms with van der Waals surface area (Å²) < 4.78 is 0. The van der Waals surface area contributed by atoms with E-state index in [0.717, 1.165) is 71.0 Å². The van der Waals surface area contributed by atoms with E-state index in [2.05, 4.69) is 48.3 Å². The number of hydrogen-bond donors (Lipinski definition) is 1. The topological polar surface area (TPSA) is 52.7 Å². The second kappa shape index (κ2) is 9.85. The van der Waals surface area contributed by atoms with Crippen LogP contribution in [-0.2, 0) is 15.0 Å². The van der Waals surface area contributed by atoms with Gasteiger partial charge in [-0.2, -0.15) is 0 Å². The molecular formula is C29H41N3O2. The number of fused-ring (bicyclic) bond motifs is 2. The summed E-state index contributed by atoms with van der Waals surface area (Å²) in [4.78, 5) is 31.2. The smallest absolute Gasteiger partial charge is 0.233 e. The number of allylic oxidation sites excluding steroid dienone is 2. The lowest BCUT2D eigenvalue weighted by Crippen LogP contribution is -2.59. The Morgan fingerprint density at radius 3 is 2.44 bits per heavy atom. The lowest BCUT2D eigenvalue weighted by Gasteiger charge is -2.52. The Morgan fingerprint density at radius 2 is 1.74 bits per heavy atom. The van der Waals surface area contributed by atoms with Crippen LogP contribution in [0.4, 0.5) is 0 Å². The van der Waals surface area contributed by atoms with Crippen LogP contribution in [-0.4, -0.2) is 54.3 Å². The Balaban J connectivity index is 1.50. The highest BCUT2D eigenvalue weighted by Crippen LogP contribution is 2.50. The molecule has 1 atom stereocenters. The van der Waals surface area contributed by atoms with Crippen LogP contribution < -0.4 is 5.32 Å². The number of benzene rings is 1. The number of nitrogens with zero attached hydrogens (tertiary/aromatic N) is 2. The van der Waals surface area contributed by atoms with Gasteiger partial charge in [-0.25, -0.2) is 0 Å². The van der Waals surface area contributed by atoms with Gasteiger partial charge in [0.25, 0.3) is 0 Å². The second-order valence-corrected chi connectivity index (χ2v) is 11.1. The van der Waals surface area contributed by atoms with Gasteiger partial charge >= 0.3 is 0 Å². The molecular weight excluding hydrogens is 422 g/mol. The number of piperidine rings is 2. The van der Waals surface area contributed by atoms with Crippen molar-refractivity contribution >= 4 is 11.8 Å². The van der Waals surface area contributed by atoms with Crippen molar-refractivity contribution in [2.24, 2.45) is 5.92 Å². The third-order valence-electron chi connectivity index (χ3n) is 9.08. The van der Waals surface area contributed by atoms with Gasteiger partial charge in [0.05, 0.1) is 11.5 Å². The molecule has 1 saturated carbocycles. The molecule has 1 aliphatic carbocycles. The molecule has 3 aliphatic heterocycles. The van der Waals surface area contributed by atoms with Crippen molar-refractivity contribution < 1.29 is 9.59 Å². The molecule has 2 saturated heterocycles. The minimum absolute atomic E-state index is 0.128. The number of nitrogens with one attached hydrogen (secondary N) is 1. The first-order valence-electron chi connectivity index (χ1n) is 13.6. The summed E-state index contributed by atoms with van der Waals surface area (Å²) >= 11 is 0. The van der Waals surface area contributed by atoms with E-state index >= 15 is 0 Å². The average molecular weight is 464 g/mol. The maximum Gasteiger partial charge on any atom is 0.233 e. The molecule has 0 radical (unpaired) electrons. The molecule has 34 heavy (non-hydrogen) atoms. The SMILES string of the molecule is CC(C)=C1CCC(C2c3ccccc3C3(CCNCC3)C(=O)N2CCN2CCCCC2=O)CC1. The number of likely N-dealkylation sites (tertiary alicyclic amines) is 1. The highest BCUT2D eigenvalue weighted by atomic mass is 16.2. The van der Waals surface area contributed by atoms with E-state index in [1.54, 1.807) is 5.57 Å². The van der Waals surface area contributed by atoms with E-state index in [1.807, 2.05) is 4.90 Å². The third-order valence-corrected chi connectivity index (χ3v) is 9.08. The standard InChI is InChI=1S/C29H41N3O2/c1-21(2)22-10-12-23(13-11-22)27-24-7-3-4-8-25(24)29(14-16-30-17-15-29)28(34)32(27)20-19-31-18-6-5-9-26(31)33/h3-4,7-8,23,27,30H,5-6,9-20H2,1-2H3. The Kier molecular flexibility index (Phi) is 6.83. The lowest BCUT2D eigenvalue weighted by atomic mass is 9.64. The molecule has 3 fully saturated rings. The zero-order valence-corrected chi connectivity index (χ0v) is 21.1. The van der Waals surface area contributed by atoms with E-state index in [0.29, 0.717) is 31.3 Å². The summed E-state index contributed by atoms with van der Waals surface area (Å²) in [5.74, 6) is 1.05. The van der Waals surface area contributed by atoms with Crippen LogP contribution in [0.15, 0.2) is 35.4 Å². The van der Waals surface area contributed by atoms with E-state index < -0.39 is 5.41 Å². The molecule has 1 aromatic carbocycles. The molecule has 4 aliphatic rings. The van der Waals surface area contributed by atoms with E-state index in [9.17, 15) is 9.59 Å². The van der Waals surface area contributed by atoms with Crippen LogP contribution in [0.2, 0.25) is 0 Å². The minimum Gasteiger partial charge on any atom is -0.341 e. The first-order chi connectivity index (χ1) is 16.5. The first kappa shape index (κ1) is 23.6. The fourth-order valence-electron chi connectivity index (χ4n) is 7.09. The molecule has 5 nitrogen and oxygen atoms in total. The van der Waals surface area contributed by atoms with Crippen LogP contribution in [0.25, 0.3) is 0 Å². The maximum atomic E-state index is 14.4. The number of hydrogen-bond acceptors (Lipinski definition) is 3. The van der Waals surface area contributed by atoms with Gasteiger partial charge in [0.15, 0.2) is 0 Å². The van der Waals surface area contributed by atoms with Gasteiger partial charge in [0.2, 0.25) is 11.8 Å². The van der Waals surface area contributed by atoms with Crippen molar-refractivity contribution in [2.45, 2.75) is 83.1 Å². The summed E-state index contributed by atoms with van der Waals surface area (Å²) in [5, 5.41) is 3.47. The molecule has 1 N–H and O–H groups in total. The second-order valence-electron chi connectivity index (χ2n) is 11.1. The molecule has 3 heterocycles. The Bertz CT molecular complexity index is 948. The molecule has 1 aromatic rings. The summed E-state index contributed by atoms with van der Waals surface area (Å²) in [6.45, 7) is 8.40. The van der Waals surface area contributed by atoms with Crippen molar-refractivity contribution in [1.82, 2.24) is 15.1 Å². The van der Waals surface area contributed by atoms with Crippen LogP contribution in [0, 0.1) is 5.92 Å². The van der Waals surface area contributed by atoms with E-state index in [1.165, 1.54) is 16.7 Å². The largest absolute Gasteiger partial charge is 0.341 e. The zero-order valence-electron chi connectivity index (χ0n) is 21.1. The molecule has 0 aromatic heterocycles. The molecule has 5 rings (SSSR count). The van der Waals surface area contributed by atoms with Crippen LogP contribution in [0.3, 0.4) is 0 Å². The predicted molar refractivity (Wildman–Crippen MR) is 135 cm³/mol. The van der Waals surface area contributed by atoms with Crippen molar-refractivity contribution in [3.63, 3.8) is 0 Å². The van der Waals surface area contributed by atoms with Crippen LogP contribution in [0.5, 0.6) is 0 Å². The van der Waals surface area contributed by atoms with Crippen molar-refractivity contribution in [3.05, 3.63) is 46.5 Å². The molecule has 2 amide bonds. The van der Waals surface area contributed by atoms with Gasteiger partial charge in [0.1, 0.15) is 0 Å². The monoisotopic (exact) mass is 463 g/mol. The predicted octanol–water partition coefficient (Wildman–Crippen LogP) is 4.73. The van der Waals surface area contributed by atoms with Gasteiger partial charge in [-0.05, 0) is 95.3 Å². The number of rotatable bonds is 4. The molecule has 0 bridgehead atoms. The number of amides is 2. The van der Waals surface area contributed by atoms with Gasteiger partial charge in [-0.1, -0.05) is 35.4 Å². The quantitative estimate of drug-likeness (QED) is 0.657. The summed E-state index contributed by atoms with van der Waals surface area (Å²) in [6.07, 6.45) is 9.03. The molecule has 1 unspecified atom stereocenters. The lowest BCUT2D eigenvalue weighted by molar-refractivity contribution is -0.146. The molecule has 1 spiro atoms. The highest BCUT2D eigenvalue weighted by Gasteiger charge is 2.52. The number of carbonyl (C=O) groups is 2. The third kappa shape index (κ3) is 4.21.